The van der Waals surface area contributed by atoms with Crippen LogP contribution in [-0.4, -0.2) is 217 Å². The van der Waals surface area contributed by atoms with Gasteiger partial charge in [-0.05, 0) is 24.6 Å². The number of nitrogens with two attached hydrogens (primary N) is 1. The molecule has 0 unspecified atom stereocenters. The molecule has 19 nitrogen and oxygen atoms in total. The molecule has 1 aliphatic rings. The number of nitrogen functional groups attached to an aromatic ring is 1. The number of nitrogens with zero attached hydrogens (tertiary/aromatic N) is 4. The molecule has 0 atom stereocenters. The Balaban J connectivity index is 0.806. The van der Waals surface area contributed by atoms with Crippen molar-refractivity contribution in [3.8, 4) is 0 Å². The number of aromatic nitrogens is 3. The summed E-state index contributed by atoms with van der Waals surface area (Å²) in [7, 11) is 0. The van der Waals surface area contributed by atoms with Crippen LogP contribution >= 0.6 is 0 Å². The number of fused-ring (bicyclic) bond motifs is 3. The molecule has 4 rings (SSSR count). The fraction of sp³-hybridized carbons (Fsp3) is 0.771. The average molecular weight is 951 g/mol. The summed E-state index contributed by atoms with van der Waals surface area (Å²) in [5.41, 5.74) is 10.1. The van der Waals surface area contributed by atoms with Gasteiger partial charge in [0.25, 0.3) is 0 Å². The number of unbranched alkanes of at least 4 members (excludes halogenated alkanes) is 1. The number of hydrogen-bond acceptors (Lipinski definition) is 18. The van der Waals surface area contributed by atoms with E-state index >= 15 is 0 Å². The van der Waals surface area contributed by atoms with Crippen molar-refractivity contribution in [2.24, 2.45) is 5.92 Å². The second-order valence-electron chi connectivity index (χ2n) is 16.3. The van der Waals surface area contributed by atoms with Crippen LogP contribution in [0.4, 0.5) is 11.5 Å². The number of benzene rings is 1. The number of imidazole rings is 1. The van der Waals surface area contributed by atoms with Crippen molar-refractivity contribution in [1.82, 2.24) is 19.9 Å². The van der Waals surface area contributed by atoms with E-state index in [9.17, 15) is 4.79 Å². The molecular weight excluding hydrogens is 869 g/mol. The predicted octanol–water partition coefficient (Wildman–Crippen LogP) is 3.97. The van der Waals surface area contributed by atoms with Gasteiger partial charge in [0, 0.05) is 62.6 Å². The van der Waals surface area contributed by atoms with E-state index in [1.165, 1.54) is 5.69 Å². The number of anilines is 2. The standard InChI is InChI=1S/C48H82N6O13/c1-4-5-6-45-51-46-42-39-41(7-8-43(42)50-48(49)47(46)52-45)54-12-10-53(11-13-54)14-16-57-18-20-59-22-24-61-26-28-63-30-32-65-34-36-67-38-37-66-35-33-64-31-29-62-27-25-60-23-21-58-19-17-56-15-9-44(55)40(2)3/h7-8,39-40H,4-6,9-38H2,1-3H3,(H2,49,50)(H,51,52). The van der Waals surface area contributed by atoms with E-state index in [-0.39, 0.29) is 11.7 Å². The molecule has 0 bridgehead atoms. The third-order valence-electron chi connectivity index (χ3n) is 10.8. The first-order chi connectivity index (χ1) is 33.0. The second-order valence-corrected chi connectivity index (χ2v) is 16.3. The van der Waals surface area contributed by atoms with Gasteiger partial charge in [-0.3, -0.25) is 9.69 Å². The Morgan fingerprint density at radius 1 is 0.597 bits per heavy atom. The molecule has 3 heterocycles. The zero-order valence-electron chi connectivity index (χ0n) is 40.8. The first-order valence-electron chi connectivity index (χ1n) is 24.5. The number of aryl methyl sites for hydroxylation is 1. The lowest BCUT2D eigenvalue weighted by molar-refractivity contribution is -0.123. The van der Waals surface area contributed by atoms with Crippen LogP contribution in [0.25, 0.3) is 21.9 Å². The predicted molar refractivity (Wildman–Crippen MR) is 257 cm³/mol. The number of carbonyl (C=O) groups excluding carboxylic acids is 1. The topological polar surface area (TPSA) is 202 Å². The van der Waals surface area contributed by atoms with Crippen LogP contribution in [0, 0.1) is 5.92 Å². The maximum atomic E-state index is 11.5. The first kappa shape index (κ1) is 56.4. The Morgan fingerprint density at radius 3 is 1.43 bits per heavy atom. The van der Waals surface area contributed by atoms with E-state index < -0.39 is 0 Å². The smallest absolute Gasteiger partial charge is 0.152 e. The van der Waals surface area contributed by atoms with Gasteiger partial charge < -0.3 is 72.5 Å². The fourth-order valence-electron chi connectivity index (χ4n) is 6.87. The summed E-state index contributed by atoms with van der Waals surface area (Å²) in [5, 5.41) is 1.07. The zero-order chi connectivity index (χ0) is 47.4. The minimum Gasteiger partial charge on any atom is -0.382 e. The number of aromatic amines is 1. The van der Waals surface area contributed by atoms with Gasteiger partial charge in [0.05, 0.1) is 170 Å². The molecule has 19 heteroatoms. The molecule has 1 aliphatic heterocycles. The summed E-state index contributed by atoms with van der Waals surface area (Å²) in [5.74, 6) is 1.72. The normalized spacial score (nSPS) is 13.6. The van der Waals surface area contributed by atoms with Crippen LogP contribution in [0.15, 0.2) is 18.2 Å². The minimum atomic E-state index is 0.0550. The van der Waals surface area contributed by atoms with Crippen molar-refractivity contribution in [2.45, 2.75) is 46.5 Å². The SMILES string of the molecule is CCCCc1nc2c(N)nc3ccc(N4CCN(CCOCCOCCOCCOCCOCCOCCOCCOCCOCCOCCOCCOCCC(=O)C(C)C)CC4)cc3c2[nH]1. The van der Waals surface area contributed by atoms with Gasteiger partial charge in [0.2, 0.25) is 0 Å². The van der Waals surface area contributed by atoms with Crippen LogP contribution in [0.2, 0.25) is 0 Å². The van der Waals surface area contributed by atoms with Crippen LogP contribution in [-0.2, 0) is 68.1 Å². The van der Waals surface area contributed by atoms with Crippen LogP contribution < -0.4 is 10.6 Å². The van der Waals surface area contributed by atoms with Crippen LogP contribution in [0.3, 0.4) is 0 Å². The highest BCUT2D eigenvalue weighted by Crippen LogP contribution is 2.30. The van der Waals surface area contributed by atoms with Crippen LogP contribution in [0.5, 0.6) is 0 Å². The third kappa shape index (κ3) is 24.8. The molecule has 0 amide bonds. The minimum absolute atomic E-state index is 0.0550. The van der Waals surface area contributed by atoms with E-state index in [0.717, 1.165) is 79.7 Å². The lowest BCUT2D eigenvalue weighted by Crippen LogP contribution is -2.47. The molecule has 1 aromatic carbocycles. The molecule has 0 saturated carbocycles. The van der Waals surface area contributed by atoms with Gasteiger partial charge in [0.15, 0.2) is 5.82 Å². The highest BCUT2D eigenvalue weighted by molar-refractivity contribution is 6.07. The Hall–Kier alpha value is -3.15. The van der Waals surface area contributed by atoms with Gasteiger partial charge in [-0.1, -0.05) is 27.2 Å². The number of pyridine rings is 1. The van der Waals surface area contributed by atoms with Gasteiger partial charge in [-0.2, -0.15) is 0 Å². The molecule has 382 valence electrons. The highest BCUT2D eigenvalue weighted by atomic mass is 16.6. The number of ether oxygens (including phenoxy) is 12. The number of nitrogens with one attached hydrogen (secondary N) is 1. The van der Waals surface area contributed by atoms with Gasteiger partial charge in [0.1, 0.15) is 17.1 Å². The summed E-state index contributed by atoms with van der Waals surface area (Å²) >= 11 is 0. The summed E-state index contributed by atoms with van der Waals surface area (Å²) in [6.45, 7) is 22.9. The van der Waals surface area contributed by atoms with Crippen molar-refractivity contribution in [3.05, 3.63) is 24.0 Å². The summed E-state index contributed by atoms with van der Waals surface area (Å²) < 4.78 is 66.6. The van der Waals surface area contributed by atoms with E-state index in [0.29, 0.717) is 171 Å². The Labute approximate surface area is 398 Å². The third-order valence-corrected chi connectivity index (χ3v) is 10.8. The zero-order valence-corrected chi connectivity index (χ0v) is 40.8. The largest absolute Gasteiger partial charge is 0.382 e. The molecule has 0 aliphatic carbocycles. The molecule has 1 saturated heterocycles. The second kappa shape index (κ2) is 36.8. The van der Waals surface area contributed by atoms with E-state index in [1.54, 1.807) is 0 Å². The lowest BCUT2D eigenvalue weighted by Gasteiger charge is -2.36. The number of hydrogen-bond donors (Lipinski definition) is 2. The first-order valence-corrected chi connectivity index (χ1v) is 24.5. The number of H-pyrrole nitrogens is 1. The Bertz CT molecular complexity index is 1700. The van der Waals surface area contributed by atoms with Gasteiger partial charge >= 0.3 is 0 Å². The van der Waals surface area contributed by atoms with Crippen molar-refractivity contribution in [1.29, 1.82) is 0 Å². The van der Waals surface area contributed by atoms with Crippen molar-refractivity contribution in [2.75, 3.05) is 202 Å². The van der Waals surface area contributed by atoms with Crippen LogP contribution in [0.1, 0.15) is 45.9 Å². The quantitative estimate of drug-likeness (QED) is 0.0771. The number of piperazine rings is 1. The maximum absolute atomic E-state index is 11.5. The molecule has 3 N–H and O–H groups in total. The number of Topliss-reactive ketones (excluding diaryl/α,β-unsaturated/α-hetero) is 1. The van der Waals surface area contributed by atoms with Crippen molar-refractivity contribution < 1.29 is 61.6 Å². The van der Waals surface area contributed by atoms with E-state index in [2.05, 4.69) is 44.9 Å². The molecule has 0 spiro atoms. The van der Waals surface area contributed by atoms with Gasteiger partial charge in [-0.15, -0.1) is 0 Å². The molecule has 67 heavy (non-hydrogen) atoms. The molecule has 3 aromatic rings. The fourth-order valence-corrected chi connectivity index (χ4v) is 6.87. The molecule has 1 fully saturated rings. The van der Waals surface area contributed by atoms with Gasteiger partial charge in [-0.25, -0.2) is 9.97 Å². The maximum Gasteiger partial charge on any atom is 0.152 e. The number of ketones is 1. The Kier molecular flexibility index (Phi) is 31.0. The van der Waals surface area contributed by atoms with E-state index in [4.69, 9.17) is 67.6 Å². The van der Waals surface area contributed by atoms with Crippen molar-refractivity contribution in [3.63, 3.8) is 0 Å². The van der Waals surface area contributed by atoms with Crippen molar-refractivity contribution >= 4 is 39.2 Å². The average Bonchev–Trinajstić information content (AvgIpc) is 3.78. The summed E-state index contributed by atoms with van der Waals surface area (Å²) in [6.07, 6.45) is 3.57. The number of carbonyl (C=O) groups is 1. The monoisotopic (exact) mass is 951 g/mol. The summed E-state index contributed by atoms with van der Waals surface area (Å²) in [4.78, 5) is 29.3. The highest BCUT2D eigenvalue weighted by Gasteiger charge is 2.19. The van der Waals surface area contributed by atoms with E-state index in [1.807, 2.05) is 13.8 Å². The molecule has 0 radical (unpaired) electrons. The summed E-state index contributed by atoms with van der Waals surface area (Å²) in [6, 6.07) is 6.43. The molecular formula is C48H82N6O13. The molecule has 2 aromatic heterocycles. The number of rotatable bonds is 44. The lowest BCUT2D eigenvalue weighted by atomic mass is 10.1. The Morgan fingerprint density at radius 2 is 1.01 bits per heavy atom.